The summed E-state index contributed by atoms with van der Waals surface area (Å²) < 4.78 is 25.6. The van der Waals surface area contributed by atoms with Crippen LogP contribution >= 0.6 is 15.9 Å². The Hall–Kier alpha value is -1.12. The van der Waals surface area contributed by atoms with Crippen LogP contribution in [-0.2, 0) is 10.0 Å². The van der Waals surface area contributed by atoms with E-state index in [1.54, 1.807) is 32.0 Å². The molecule has 0 radical (unpaired) electrons. The molecule has 6 nitrogen and oxygen atoms in total. The molecule has 0 aliphatic carbocycles. The highest BCUT2D eigenvalue weighted by Crippen LogP contribution is 2.20. The highest BCUT2D eigenvalue weighted by atomic mass is 79.9. The zero-order valence-electron chi connectivity index (χ0n) is 11.5. The van der Waals surface area contributed by atoms with Gasteiger partial charge in [-0.15, -0.1) is 0 Å². The van der Waals surface area contributed by atoms with Gasteiger partial charge in [-0.2, -0.15) is 0 Å². The average molecular weight is 364 g/mol. The van der Waals surface area contributed by atoms with Crippen molar-refractivity contribution < 1.29 is 13.2 Å². The van der Waals surface area contributed by atoms with E-state index in [0.717, 1.165) is 6.26 Å². The zero-order valence-corrected chi connectivity index (χ0v) is 13.9. The van der Waals surface area contributed by atoms with Crippen molar-refractivity contribution in [3.8, 4) is 0 Å². The van der Waals surface area contributed by atoms with Crippen LogP contribution in [0.2, 0.25) is 0 Å². The Labute approximate surface area is 127 Å². The van der Waals surface area contributed by atoms with Crippen LogP contribution in [0.15, 0.2) is 22.7 Å². The standard InChI is InChI=1S/C12H18BrN3O3S/c1-12(2,16-20(3,18)19)7-15-11(17)8-4-5-9(13)10(14)6-8/h4-6,16H,7,14H2,1-3H3,(H,15,17). The lowest BCUT2D eigenvalue weighted by Gasteiger charge is -2.25. The topological polar surface area (TPSA) is 101 Å². The van der Waals surface area contributed by atoms with Crippen LogP contribution in [-0.4, -0.2) is 32.7 Å². The van der Waals surface area contributed by atoms with E-state index in [-0.39, 0.29) is 12.5 Å². The molecule has 0 fully saturated rings. The Kier molecular flexibility index (Phi) is 5.17. The number of sulfonamides is 1. The maximum atomic E-state index is 12.0. The molecule has 0 bridgehead atoms. The van der Waals surface area contributed by atoms with Crippen molar-refractivity contribution in [3.63, 3.8) is 0 Å². The molecule has 0 aliphatic heterocycles. The maximum Gasteiger partial charge on any atom is 0.251 e. The van der Waals surface area contributed by atoms with Crippen LogP contribution in [0.25, 0.3) is 0 Å². The van der Waals surface area contributed by atoms with E-state index in [0.29, 0.717) is 15.7 Å². The van der Waals surface area contributed by atoms with E-state index in [2.05, 4.69) is 26.0 Å². The van der Waals surface area contributed by atoms with E-state index in [1.165, 1.54) is 0 Å². The number of hydrogen-bond donors (Lipinski definition) is 3. The number of carbonyl (C=O) groups is 1. The quantitative estimate of drug-likeness (QED) is 0.681. The van der Waals surface area contributed by atoms with Gasteiger partial charge in [-0.25, -0.2) is 13.1 Å². The van der Waals surface area contributed by atoms with Gasteiger partial charge in [0.25, 0.3) is 5.91 Å². The number of anilines is 1. The van der Waals surface area contributed by atoms with Crippen LogP contribution in [0.1, 0.15) is 24.2 Å². The third-order valence-corrected chi connectivity index (χ3v) is 4.06. The highest BCUT2D eigenvalue weighted by molar-refractivity contribution is 9.10. The third-order valence-electron chi connectivity index (χ3n) is 2.41. The smallest absolute Gasteiger partial charge is 0.251 e. The van der Waals surface area contributed by atoms with Gasteiger partial charge in [-0.1, -0.05) is 0 Å². The molecule has 1 rings (SSSR count). The normalized spacial score (nSPS) is 12.2. The zero-order chi connectivity index (χ0) is 15.6. The molecule has 0 spiro atoms. The Morgan fingerprint density at radius 1 is 1.40 bits per heavy atom. The van der Waals surface area contributed by atoms with Crippen LogP contribution in [0.3, 0.4) is 0 Å². The number of rotatable bonds is 5. The summed E-state index contributed by atoms with van der Waals surface area (Å²) in [6.45, 7) is 3.53. The van der Waals surface area contributed by atoms with Crippen LogP contribution < -0.4 is 15.8 Å². The summed E-state index contributed by atoms with van der Waals surface area (Å²) in [5.74, 6) is -0.312. The molecule has 8 heteroatoms. The Bertz CT molecular complexity index is 614. The summed E-state index contributed by atoms with van der Waals surface area (Å²) in [4.78, 5) is 12.0. The van der Waals surface area contributed by atoms with Crippen LogP contribution in [0.5, 0.6) is 0 Å². The van der Waals surface area contributed by atoms with Gasteiger partial charge in [0.05, 0.1) is 6.26 Å². The van der Waals surface area contributed by atoms with Crippen molar-refractivity contribution in [1.82, 2.24) is 10.0 Å². The van der Waals surface area contributed by atoms with Gasteiger partial charge in [0.2, 0.25) is 10.0 Å². The summed E-state index contributed by atoms with van der Waals surface area (Å²) in [5.41, 5.74) is 5.81. The maximum absolute atomic E-state index is 12.0. The molecule has 0 unspecified atom stereocenters. The van der Waals surface area contributed by atoms with E-state index < -0.39 is 15.6 Å². The second kappa shape index (κ2) is 6.11. The number of nitrogens with two attached hydrogens (primary N) is 1. The first-order chi connectivity index (χ1) is 9.00. The number of nitrogen functional groups attached to an aromatic ring is 1. The molecule has 0 aromatic heterocycles. The minimum absolute atomic E-state index is 0.162. The number of halogens is 1. The highest BCUT2D eigenvalue weighted by Gasteiger charge is 2.23. The molecule has 1 aromatic rings. The van der Waals surface area contributed by atoms with Gasteiger partial charge < -0.3 is 11.1 Å². The first-order valence-electron chi connectivity index (χ1n) is 5.82. The number of amides is 1. The molecule has 0 saturated heterocycles. The second-order valence-corrected chi connectivity index (χ2v) is 7.78. The van der Waals surface area contributed by atoms with E-state index >= 15 is 0 Å². The average Bonchev–Trinajstić information content (AvgIpc) is 2.26. The van der Waals surface area contributed by atoms with E-state index in [1.807, 2.05) is 0 Å². The van der Waals surface area contributed by atoms with Crippen molar-refractivity contribution in [2.24, 2.45) is 0 Å². The van der Waals surface area contributed by atoms with Gasteiger partial charge in [0, 0.05) is 27.8 Å². The molecule has 0 heterocycles. The Morgan fingerprint density at radius 3 is 2.50 bits per heavy atom. The van der Waals surface area contributed by atoms with E-state index in [4.69, 9.17) is 5.73 Å². The molecule has 0 saturated carbocycles. The fourth-order valence-corrected chi connectivity index (χ4v) is 2.95. The summed E-state index contributed by atoms with van der Waals surface area (Å²) in [7, 11) is -3.33. The van der Waals surface area contributed by atoms with Crippen molar-refractivity contribution >= 4 is 37.5 Å². The first-order valence-corrected chi connectivity index (χ1v) is 8.51. The largest absolute Gasteiger partial charge is 0.398 e. The predicted molar refractivity (Wildman–Crippen MR) is 82.9 cm³/mol. The van der Waals surface area contributed by atoms with Gasteiger partial charge in [-0.05, 0) is 48.0 Å². The lowest BCUT2D eigenvalue weighted by molar-refractivity contribution is 0.0944. The lowest BCUT2D eigenvalue weighted by atomic mass is 10.1. The molecule has 0 aliphatic rings. The minimum atomic E-state index is -3.33. The summed E-state index contributed by atoms with van der Waals surface area (Å²) >= 11 is 3.25. The minimum Gasteiger partial charge on any atom is -0.398 e. The molecule has 112 valence electrons. The fourth-order valence-electron chi connectivity index (χ4n) is 1.63. The molecule has 20 heavy (non-hydrogen) atoms. The van der Waals surface area contributed by atoms with Crippen LogP contribution in [0.4, 0.5) is 5.69 Å². The monoisotopic (exact) mass is 363 g/mol. The number of hydrogen-bond acceptors (Lipinski definition) is 4. The second-order valence-electron chi connectivity index (χ2n) is 5.18. The van der Waals surface area contributed by atoms with Gasteiger partial charge >= 0.3 is 0 Å². The predicted octanol–water partition coefficient (Wildman–Crippen LogP) is 1.09. The Morgan fingerprint density at radius 2 is 2.00 bits per heavy atom. The van der Waals surface area contributed by atoms with Crippen molar-refractivity contribution in [2.45, 2.75) is 19.4 Å². The van der Waals surface area contributed by atoms with Crippen LogP contribution in [0, 0.1) is 0 Å². The SMILES string of the molecule is CC(C)(CNC(=O)c1ccc(Br)c(N)c1)NS(C)(=O)=O. The number of nitrogens with one attached hydrogen (secondary N) is 2. The summed E-state index contributed by atoms with van der Waals surface area (Å²) in [6.07, 6.45) is 1.08. The van der Waals surface area contributed by atoms with Gasteiger partial charge in [-0.3, -0.25) is 4.79 Å². The summed E-state index contributed by atoms with van der Waals surface area (Å²) in [6, 6.07) is 4.87. The van der Waals surface area contributed by atoms with E-state index in [9.17, 15) is 13.2 Å². The van der Waals surface area contributed by atoms with Crippen molar-refractivity contribution in [1.29, 1.82) is 0 Å². The summed E-state index contributed by atoms with van der Waals surface area (Å²) in [5, 5.41) is 2.67. The number of carbonyl (C=O) groups excluding carboxylic acids is 1. The first kappa shape index (κ1) is 16.9. The Balaban J connectivity index is 2.69. The fraction of sp³-hybridized carbons (Fsp3) is 0.417. The molecule has 1 aromatic carbocycles. The molecule has 1 amide bonds. The number of benzene rings is 1. The van der Waals surface area contributed by atoms with Crippen molar-refractivity contribution in [2.75, 3.05) is 18.5 Å². The molecular formula is C12H18BrN3O3S. The van der Waals surface area contributed by atoms with Gasteiger partial charge in [0.15, 0.2) is 0 Å². The third kappa shape index (κ3) is 5.48. The molecule has 4 N–H and O–H groups in total. The lowest BCUT2D eigenvalue weighted by Crippen LogP contribution is -2.51. The molecular weight excluding hydrogens is 346 g/mol. The van der Waals surface area contributed by atoms with Crippen molar-refractivity contribution in [3.05, 3.63) is 28.2 Å². The molecule has 0 atom stereocenters. The van der Waals surface area contributed by atoms with Gasteiger partial charge in [0.1, 0.15) is 0 Å².